The van der Waals surface area contributed by atoms with Gasteiger partial charge in [0, 0.05) is 6.07 Å². The van der Waals surface area contributed by atoms with Crippen LogP contribution in [0.25, 0.3) is 0 Å². The van der Waals surface area contributed by atoms with Crippen LogP contribution in [-0.4, -0.2) is 40.3 Å². The number of carboxylic acids is 1. The largest absolute Gasteiger partial charge is 0.489 e. The van der Waals surface area contributed by atoms with E-state index in [9.17, 15) is 23.1 Å². The Morgan fingerprint density at radius 1 is 1.36 bits per heavy atom. The van der Waals surface area contributed by atoms with E-state index in [1.165, 1.54) is 12.1 Å². The van der Waals surface area contributed by atoms with E-state index >= 15 is 0 Å². The molecule has 1 aromatic carbocycles. The lowest BCUT2D eigenvalue weighted by molar-refractivity contribution is -0.232. The minimum Gasteiger partial charge on any atom is -0.489 e. The number of hydrogen-bond acceptors (Lipinski definition) is 5. The van der Waals surface area contributed by atoms with Crippen molar-refractivity contribution in [1.82, 2.24) is 0 Å². The molecule has 0 saturated heterocycles. The number of hydrazone groups is 1. The van der Waals surface area contributed by atoms with E-state index in [0.717, 1.165) is 0 Å². The van der Waals surface area contributed by atoms with Gasteiger partial charge in [0.05, 0.1) is 34.5 Å². The van der Waals surface area contributed by atoms with Crippen LogP contribution in [0.5, 0.6) is 5.75 Å². The smallest absolute Gasteiger partial charge is 0.423 e. The molecule has 0 aliphatic rings. The van der Waals surface area contributed by atoms with Gasteiger partial charge in [-0.2, -0.15) is 18.3 Å². The summed E-state index contributed by atoms with van der Waals surface area (Å²) in [5.74, 6) is -1.63. The number of halogens is 5. The van der Waals surface area contributed by atoms with Gasteiger partial charge >= 0.3 is 12.1 Å². The van der Waals surface area contributed by atoms with E-state index in [1.807, 2.05) is 0 Å². The van der Waals surface area contributed by atoms with Gasteiger partial charge in [0.1, 0.15) is 5.75 Å². The molecular formula is C14H15Cl2F3N2O4. The summed E-state index contributed by atoms with van der Waals surface area (Å²) in [5, 5.41) is 21.5. The Hall–Kier alpha value is -1.71. The van der Waals surface area contributed by atoms with Crippen LogP contribution in [0.4, 0.5) is 18.9 Å². The van der Waals surface area contributed by atoms with E-state index in [1.54, 1.807) is 13.8 Å². The molecule has 140 valence electrons. The van der Waals surface area contributed by atoms with Crippen LogP contribution in [0, 0.1) is 0 Å². The van der Waals surface area contributed by atoms with Gasteiger partial charge in [-0.25, -0.2) is 0 Å². The maximum atomic E-state index is 12.8. The van der Waals surface area contributed by atoms with Crippen LogP contribution in [0.15, 0.2) is 17.2 Å². The molecule has 6 nitrogen and oxygen atoms in total. The topological polar surface area (TPSA) is 91.1 Å². The Labute approximate surface area is 151 Å². The summed E-state index contributed by atoms with van der Waals surface area (Å²) in [5.41, 5.74) is -1.38. The highest BCUT2D eigenvalue weighted by Gasteiger charge is 2.54. The van der Waals surface area contributed by atoms with Gasteiger partial charge < -0.3 is 14.9 Å². The second-order valence-corrected chi connectivity index (χ2v) is 6.11. The van der Waals surface area contributed by atoms with Crippen molar-refractivity contribution in [3.05, 3.63) is 22.2 Å². The zero-order valence-electron chi connectivity index (χ0n) is 13.1. The van der Waals surface area contributed by atoms with E-state index in [0.29, 0.717) is 0 Å². The van der Waals surface area contributed by atoms with Gasteiger partial charge in [-0.15, -0.1) is 0 Å². The van der Waals surface area contributed by atoms with Crippen LogP contribution in [0.2, 0.25) is 10.0 Å². The Balaban J connectivity index is 3.05. The van der Waals surface area contributed by atoms with Crippen LogP contribution in [0.1, 0.15) is 20.3 Å². The molecule has 1 unspecified atom stereocenters. The fraction of sp³-hybridized carbons (Fsp3) is 0.429. The second-order valence-electron chi connectivity index (χ2n) is 5.29. The summed E-state index contributed by atoms with van der Waals surface area (Å²) in [6.07, 6.45) is -7.00. The predicted octanol–water partition coefficient (Wildman–Crippen LogP) is 3.95. The average molecular weight is 403 g/mol. The fourth-order valence-electron chi connectivity index (χ4n) is 1.62. The van der Waals surface area contributed by atoms with Gasteiger partial charge in [-0.1, -0.05) is 23.2 Å². The maximum Gasteiger partial charge on any atom is 0.423 e. The molecule has 11 heteroatoms. The van der Waals surface area contributed by atoms with E-state index < -0.39 is 24.2 Å². The summed E-state index contributed by atoms with van der Waals surface area (Å²) in [4.78, 5) is 10.5. The fourth-order valence-corrected chi connectivity index (χ4v) is 2.09. The lowest BCUT2D eigenvalue weighted by Crippen LogP contribution is -2.48. The van der Waals surface area contributed by atoms with Crippen molar-refractivity contribution in [3.63, 3.8) is 0 Å². The monoisotopic (exact) mass is 402 g/mol. The molecule has 0 fully saturated rings. The van der Waals surface area contributed by atoms with Crippen molar-refractivity contribution in [1.29, 1.82) is 0 Å². The lowest BCUT2D eigenvalue weighted by Gasteiger charge is -2.24. The Morgan fingerprint density at radius 3 is 2.44 bits per heavy atom. The minimum absolute atomic E-state index is 0.0343. The Morgan fingerprint density at radius 2 is 1.96 bits per heavy atom. The number of aliphatic carboxylic acids is 1. The number of nitrogens with one attached hydrogen (secondary N) is 1. The van der Waals surface area contributed by atoms with E-state index in [4.69, 9.17) is 33.0 Å². The number of hydrogen-bond donors (Lipinski definition) is 3. The van der Waals surface area contributed by atoms with E-state index in [-0.39, 0.29) is 33.8 Å². The minimum atomic E-state index is -5.23. The Kier molecular flexibility index (Phi) is 6.92. The van der Waals surface area contributed by atoms with Crippen molar-refractivity contribution >= 4 is 41.1 Å². The molecule has 0 amide bonds. The number of nitrogens with zero attached hydrogens (tertiary/aromatic N) is 1. The number of carboxylic acid groups (broad SMARTS) is 1. The summed E-state index contributed by atoms with van der Waals surface area (Å²) in [6.45, 7) is 3.48. The molecule has 0 aliphatic carbocycles. The van der Waals surface area contributed by atoms with Crippen molar-refractivity contribution in [2.75, 3.05) is 5.43 Å². The van der Waals surface area contributed by atoms with Crippen LogP contribution in [0.3, 0.4) is 0 Å². The second kappa shape index (κ2) is 8.11. The third kappa shape index (κ3) is 5.94. The summed E-state index contributed by atoms with van der Waals surface area (Å²) in [7, 11) is 0. The number of aliphatic hydroxyl groups is 1. The van der Waals surface area contributed by atoms with Gasteiger partial charge in [-0.05, 0) is 19.9 Å². The van der Waals surface area contributed by atoms with Crippen molar-refractivity contribution in [2.45, 2.75) is 38.1 Å². The molecule has 0 heterocycles. The first kappa shape index (κ1) is 21.3. The van der Waals surface area contributed by atoms with Crippen LogP contribution >= 0.6 is 23.2 Å². The number of anilines is 1. The van der Waals surface area contributed by atoms with Crippen molar-refractivity contribution in [3.8, 4) is 5.75 Å². The molecule has 25 heavy (non-hydrogen) atoms. The highest BCUT2D eigenvalue weighted by atomic mass is 35.5. The molecule has 0 saturated carbocycles. The average Bonchev–Trinajstić information content (AvgIpc) is 2.41. The summed E-state index contributed by atoms with van der Waals surface area (Å²) < 4.78 is 43.9. The SMILES string of the molecule is CC(C)Oc1cc(N/N=C/C(O)(CC(=O)O)C(F)(F)F)c(Cl)cc1Cl. The van der Waals surface area contributed by atoms with Gasteiger partial charge in [0.15, 0.2) is 0 Å². The predicted molar refractivity (Wildman–Crippen MR) is 87.6 cm³/mol. The third-order valence-corrected chi connectivity index (χ3v) is 3.37. The van der Waals surface area contributed by atoms with Gasteiger partial charge in [0.25, 0.3) is 0 Å². The highest BCUT2D eigenvalue weighted by molar-refractivity contribution is 6.37. The molecule has 0 aliphatic heterocycles. The van der Waals surface area contributed by atoms with Crippen molar-refractivity contribution < 1.29 is 32.9 Å². The van der Waals surface area contributed by atoms with Gasteiger partial charge in [0.2, 0.25) is 5.60 Å². The van der Waals surface area contributed by atoms with Gasteiger partial charge in [-0.3, -0.25) is 10.2 Å². The molecular weight excluding hydrogens is 388 g/mol. The van der Waals surface area contributed by atoms with Crippen molar-refractivity contribution in [2.24, 2.45) is 5.10 Å². The summed E-state index contributed by atoms with van der Waals surface area (Å²) >= 11 is 11.8. The maximum absolute atomic E-state index is 12.8. The van der Waals surface area contributed by atoms with Crippen LogP contribution < -0.4 is 10.2 Å². The third-order valence-electron chi connectivity index (χ3n) is 2.76. The first-order chi connectivity index (χ1) is 11.4. The zero-order chi connectivity index (χ0) is 19.4. The first-order valence-electron chi connectivity index (χ1n) is 6.82. The molecule has 1 atom stereocenters. The first-order valence-corrected chi connectivity index (χ1v) is 7.58. The normalized spacial score (nSPS) is 14.6. The van der Waals surface area contributed by atoms with Crippen LogP contribution in [-0.2, 0) is 4.79 Å². The number of rotatable bonds is 7. The lowest BCUT2D eigenvalue weighted by atomic mass is 10.0. The molecule has 0 aromatic heterocycles. The molecule has 1 rings (SSSR count). The molecule has 1 aromatic rings. The number of benzene rings is 1. The standard InChI is InChI=1S/C14H15Cl2F3N2O4/c1-7(2)25-11-4-10(8(15)3-9(11)16)21-20-6-13(24,5-12(22)23)14(17,18)19/h3-4,6-7,21,24H,5H2,1-2H3,(H,22,23)/b20-6+. The molecule has 0 spiro atoms. The highest BCUT2D eigenvalue weighted by Crippen LogP contribution is 2.35. The quantitative estimate of drug-likeness (QED) is 0.474. The molecule has 0 bridgehead atoms. The molecule has 3 N–H and O–H groups in total. The molecule has 0 radical (unpaired) electrons. The summed E-state index contributed by atoms with van der Waals surface area (Å²) in [6, 6.07) is 2.61. The Bertz CT molecular complexity index is 668. The number of carbonyl (C=O) groups is 1. The zero-order valence-corrected chi connectivity index (χ0v) is 14.6. The number of ether oxygens (including phenoxy) is 1. The van der Waals surface area contributed by atoms with E-state index in [2.05, 4.69) is 10.5 Å². The number of alkyl halides is 3.